The molecule has 3 N–H and O–H groups in total. The van der Waals surface area contributed by atoms with Gasteiger partial charge in [0.15, 0.2) is 0 Å². The Bertz CT molecular complexity index is 412. The van der Waals surface area contributed by atoms with E-state index in [0.29, 0.717) is 17.3 Å². The number of carbonyl (C=O) groups is 1. The van der Waals surface area contributed by atoms with Crippen LogP contribution in [0, 0.1) is 0 Å². The molecular weight excluding hydrogens is 256 g/mol. The van der Waals surface area contributed by atoms with Crippen molar-refractivity contribution in [3.8, 4) is 5.75 Å². The van der Waals surface area contributed by atoms with E-state index >= 15 is 0 Å². The lowest BCUT2D eigenvalue weighted by Gasteiger charge is -2.12. The van der Waals surface area contributed by atoms with Crippen molar-refractivity contribution in [1.29, 1.82) is 0 Å². The number of halogens is 1. The molecule has 1 atom stereocenters. The molecule has 0 bridgehead atoms. The second-order valence-corrected chi connectivity index (χ2v) is 4.29. The van der Waals surface area contributed by atoms with Crippen LogP contribution in [0.4, 0.5) is 4.79 Å². The lowest BCUT2D eigenvalue weighted by molar-refractivity contribution is 0.220. The molecule has 0 aliphatic carbocycles. The summed E-state index contributed by atoms with van der Waals surface area (Å²) in [6.45, 7) is 1.97. The quantitative estimate of drug-likeness (QED) is 0.761. The monoisotopic (exact) mass is 272 g/mol. The highest BCUT2D eigenvalue weighted by molar-refractivity contribution is 6.32. The van der Waals surface area contributed by atoms with Gasteiger partial charge in [-0.2, -0.15) is 0 Å². The number of ether oxygens (including phenoxy) is 1. The van der Waals surface area contributed by atoms with Crippen molar-refractivity contribution in [3.63, 3.8) is 0 Å². The maximum Gasteiger partial charge on any atom is 0.315 e. The van der Waals surface area contributed by atoms with Gasteiger partial charge in [0.25, 0.3) is 0 Å². The van der Waals surface area contributed by atoms with E-state index in [4.69, 9.17) is 21.4 Å². The normalized spacial score (nSPS) is 11.8. The number of amides is 2. The summed E-state index contributed by atoms with van der Waals surface area (Å²) in [7, 11) is 1.54. The average molecular weight is 273 g/mol. The fraction of sp³-hybridized carbons (Fsp3) is 0.417. The number of methoxy groups -OCH3 is 1. The second-order valence-electron chi connectivity index (χ2n) is 3.88. The molecule has 1 aromatic carbocycles. The predicted octanol–water partition coefficient (Wildman–Crippen LogP) is 1.53. The Morgan fingerprint density at radius 2 is 2.28 bits per heavy atom. The first kappa shape index (κ1) is 14.6. The Hall–Kier alpha value is -1.46. The zero-order valence-corrected chi connectivity index (χ0v) is 11.1. The van der Waals surface area contributed by atoms with E-state index in [1.54, 1.807) is 26.2 Å². The molecule has 0 aliphatic rings. The smallest absolute Gasteiger partial charge is 0.315 e. The highest BCUT2D eigenvalue weighted by Gasteiger charge is 2.06. The van der Waals surface area contributed by atoms with Crippen molar-refractivity contribution < 1.29 is 14.6 Å². The Morgan fingerprint density at radius 1 is 1.56 bits per heavy atom. The van der Waals surface area contributed by atoms with Crippen LogP contribution in [0.1, 0.15) is 12.5 Å². The first-order chi connectivity index (χ1) is 8.56. The lowest BCUT2D eigenvalue weighted by Crippen LogP contribution is -2.41. The number of benzene rings is 1. The third kappa shape index (κ3) is 4.43. The molecule has 0 aliphatic heterocycles. The van der Waals surface area contributed by atoms with E-state index in [2.05, 4.69) is 10.6 Å². The van der Waals surface area contributed by atoms with E-state index in [1.807, 2.05) is 6.07 Å². The summed E-state index contributed by atoms with van der Waals surface area (Å²) < 4.78 is 5.03. The third-order valence-electron chi connectivity index (χ3n) is 2.32. The number of nitrogens with one attached hydrogen (secondary N) is 2. The minimum atomic E-state index is -0.330. The third-order valence-corrected chi connectivity index (χ3v) is 2.62. The fourth-order valence-electron chi connectivity index (χ4n) is 1.32. The second kappa shape index (κ2) is 7.08. The van der Waals surface area contributed by atoms with Crippen LogP contribution in [0.3, 0.4) is 0 Å². The van der Waals surface area contributed by atoms with Gasteiger partial charge in [-0.3, -0.25) is 0 Å². The standard InChI is InChI=1S/C12H17ClN2O3/c1-8(7-16)15-12(17)14-6-9-3-4-11(18-2)10(13)5-9/h3-5,8,16H,6-7H2,1-2H3,(H2,14,15,17)/t8-/m0/s1. The van der Waals surface area contributed by atoms with Crippen molar-refractivity contribution >= 4 is 17.6 Å². The summed E-state index contributed by atoms with van der Waals surface area (Å²) in [5.41, 5.74) is 0.868. The first-order valence-corrected chi connectivity index (χ1v) is 5.92. The van der Waals surface area contributed by atoms with Crippen molar-refractivity contribution in [2.45, 2.75) is 19.5 Å². The molecule has 6 heteroatoms. The summed E-state index contributed by atoms with van der Waals surface area (Å²) in [6, 6.07) is 4.69. The van der Waals surface area contributed by atoms with E-state index in [9.17, 15) is 4.79 Å². The summed E-state index contributed by atoms with van der Waals surface area (Å²) in [6.07, 6.45) is 0. The van der Waals surface area contributed by atoms with E-state index in [1.165, 1.54) is 0 Å². The molecular formula is C12H17ClN2O3. The van der Waals surface area contributed by atoms with Crippen LogP contribution in [0.25, 0.3) is 0 Å². The van der Waals surface area contributed by atoms with Gasteiger partial charge in [0.1, 0.15) is 5.75 Å². The topological polar surface area (TPSA) is 70.6 Å². The number of rotatable bonds is 5. The van der Waals surface area contributed by atoms with Gasteiger partial charge in [-0.25, -0.2) is 4.79 Å². The largest absolute Gasteiger partial charge is 0.495 e. The summed E-state index contributed by atoms with van der Waals surface area (Å²) in [5, 5.41) is 14.5. The van der Waals surface area contributed by atoms with E-state index in [0.717, 1.165) is 5.56 Å². The summed E-state index contributed by atoms with van der Waals surface area (Å²) >= 11 is 5.97. The van der Waals surface area contributed by atoms with Gasteiger partial charge in [-0.15, -0.1) is 0 Å². The van der Waals surface area contributed by atoms with E-state index in [-0.39, 0.29) is 18.7 Å². The van der Waals surface area contributed by atoms with Gasteiger partial charge in [0.2, 0.25) is 0 Å². The molecule has 100 valence electrons. The first-order valence-electron chi connectivity index (χ1n) is 5.54. The molecule has 0 radical (unpaired) electrons. The van der Waals surface area contributed by atoms with Crippen LogP contribution in [-0.2, 0) is 6.54 Å². The van der Waals surface area contributed by atoms with Crippen molar-refractivity contribution in [2.24, 2.45) is 0 Å². The van der Waals surface area contributed by atoms with Crippen molar-refractivity contribution in [1.82, 2.24) is 10.6 Å². The highest BCUT2D eigenvalue weighted by atomic mass is 35.5. The molecule has 1 aromatic rings. The van der Waals surface area contributed by atoms with Gasteiger partial charge < -0.3 is 20.5 Å². The molecule has 2 amide bonds. The number of carbonyl (C=O) groups excluding carboxylic acids is 1. The van der Waals surface area contributed by atoms with E-state index < -0.39 is 0 Å². The Balaban J connectivity index is 2.48. The number of aliphatic hydroxyl groups excluding tert-OH is 1. The predicted molar refractivity (Wildman–Crippen MR) is 69.9 cm³/mol. The zero-order valence-electron chi connectivity index (χ0n) is 10.4. The molecule has 0 saturated heterocycles. The minimum absolute atomic E-state index is 0.0955. The fourth-order valence-corrected chi connectivity index (χ4v) is 1.60. The van der Waals surface area contributed by atoms with Crippen molar-refractivity contribution in [2.75, 3.05) is 13.7 Å². The van der Waals surface area contributed by atoms with Gasteiger partial charge in [-0.1, -0.05) is 17.7 Å². The Labute approximate surface area is 111 Å². The maximum absolute atomic E-state index is 11.4. The number of aliphatic hydroxyl groups is 1. The number of urea groups is 1. The molecule has 1 rings (SSSR count). The summed E-state index contributed by atoms with van der Waals surface area (Å²) in [4.78, 5) is 11.4. The van der Waals surface area contributed by atoms with Gasteiger partial charge in [0, 0.05) is 6.54 Å². The SMILES string of the molecule is COc1ccc(CNC(=O)N[C@@H](C)CO)cc1Cl. The summed E-state index contributed by atoms with van der Waals surface area (Å²) in [5.74, 6) is 0.596. The van der Waals surface area contributed by atoms with Crippen LogP contribution in [-0.4, -0.2) is 30.9 Å². The zero-order chi connectivity index (χ0) is 13.5. The molecule has 0 unspecified atom stereocenters. The van der Waals surface area contributed by atoms with Gasteiger partial charge in [-0.05, 0) is 24.6 Å². The minimum Gasteiger partial charge on any atom is -0.495 e. The molecule has 0 spiro atoms. The van der Waals surface area contributed by atoms with Crippen LogP contribution in [0.2, 0.25) is 5.02 Å². The Kier molecular flexibility index (Phi) is 5.74. The average Bonchev–Trinajstić information content (AvgIpc) is 2.36. The number of hydrogen-bond donors (Lipinski definition) is 3. The number of hydrogen-bond acceptors (Lipinski definition) is 3. The molecule has 0 saturated carbocycles. The molecule has 18 heavy (non-hydrogen) atoms. The molecule has 5 nitrogen and oxygen atoms in total. The van der Waals surface area contributed by atoms with Crippen LogP contribution >= 0.6 is 11.6 Å². The lowest BCUT2D eigenvalue weighted by atomic mass is 10.2. The molecule has 0 fully saturated rings. The van der Waals surface area contributed by atoms with Crippen molar-refractivity contribution in [3.05, 3.63) is 28.8 Å². The maximum atomic E-state index is 11.4. The van der Waals surface area contributed by atoms with Crippen LogP contribution in [0.5, 0.6) is 5.75 Å². The van der Waals surface area contributed by atoms with Crippen LogP contribution < -0.4 is 15.4 Å². The molecule has 0 heterocycles. The van der Waals surface area contributed by atoms with Gasteiger partial charge in [0.05, 0.1) is 24.8 Å². The Morgan fingerprint density at radius 3 is 2.83 bits per heavy atom. The highest BCUT2D eigenvalue weighted by Crippen LogP contribution is 2.24. The molecule has 0 aromatic heterocycles. The van der Waals surface area contributed by atoms with Crippen LogP contribution in [0.15, 0.2) is 18.2 Å². The van der Waals surface area contributed by atoms with Gasteiger partial charge >= 0.3 is 6.03 Å².